The highest BCUT2D eigenvalue weighted by atomic mass is 16.5. The van der Waals surface area contributed by atoms with E-state index in [1.165, 1.54) is 7.11 Å². The van der Waals surface area contributed by atoms with E-state index in [2.05, 4.69) is 4.74 Å². The van der Waals surface area contributed by atoms with Gasteiger partial charge in [-0.15, -0.1) is 0 Å². The number of para-hydroxylation sites is 2. The number of rotatable bonds is 5. The van der Waals surface area contributed by atoms with Crippen LogP contribution in [0.15, 0.2) is 48.5 Å². The Morgan fingerprint density at radius 1 is 0.950 bits per heavy atom. The molecule has 0 bridgehead atoms. The van der Waals surface area contributed by atoms with E-state index in [1.807, 2.05) is 36.4 Å². The summed E-state index contributed by atoms with van der Waals surface area (Å²) in [7, 11) is 2.97. The minimum Gasteiger partial charge on any atom is -0.493 e. The molecule has 0 N–H and O–H groups in total. The second kappa shape index (κ2) is 6.61. The van der Waals surface area contributed by atoms with Gasteiger partial charge in [-0.2, -0.15) is 0 Å². The zero-order chi connectivity index (χ0) is 14.4. The van der Waals surface area contributed by atoms with Crippen molar-refractivity contribution in [1.82, 2.24) is 0 Å². The Morgan fingerprint density at radius 3 is 2.20 bits per heavy atom. The Balaban J connectivity index is 2.02. The molecule has 0 aliphatic rings. The molecule has 0 aliphatic heterocycles. The third kappa shape index (κ3) is 3.29. The second-order valence-electron chi connectivity index (χ2n) is 4.13. The summed E-state index contributed by atoms with van der Waals surface area (Å²) < 4.78 is 15.6. The van der Waals surface area contributed by atoms with Crippen molar-refractivity contribution in [3.05, 3.63) is 59.7 Å². The van der Waals surface area contributed by atoms with Gasteiger partial charge in [0.15, 0.2) is 11.5 Å². The molecule has 0 heterocycles. The van der Waals surface area contributed by atoms with Gasteiger partial charge in [0.1, 0.15) is 6.61 Å². The minimum absolute atomic E-state index is 0.345. The Morgan fingerprint density at radius 2 is 1.60 bits per heavy atom. The van der Waals surface area contributed by atoms with Crippen molar-refractivity contribution < 1.29 is 19.0 Å². The lowest BCUT2D eigenvalue weighted by Crippen LogP contribution is -2.02. The predicted octanol–water partition coefficient (Wildman–Crippen LogP) is 3.06. The number of carbonyl (C=O) groups is 1. The smallest absolute Gasteiger partial charge is 0.337 e. The van der Waals surface area contributed by atoms with Gasteiger partial charge in [-0.25, -0.2) is 4.79 Å². The van der Waals surface area contributed by atoms with Crippen LogP contribution in [0, 0.1) is 0 Å². The molecule has 0 unspecified atom stereocenters. The fourth-order valence-corrected chi connectivity index (χ4v) is 1.75. The molecule has 0 aliphatic carbocycles. The summed E-state index contributed by atoms with van der Waals surface area (Å²) in [6.07, 6.45) is 0. The van der Waals surface area contributed by atoms with E-state index in [0.29, 0.717) is 23.7 Å². The summed E-state index contributed by atoms with van der Waals surface area (Å²) in [5.74, 6) is 1.04. The topological polar surface area (TPSA) is 44.8 Å². The van der Waals surface area contributed by atoms with E-state index in [0.717, 1.165) is 5.56 Å². The summed E-state index contributed by atoms with van der Waals surface area (Å²) in [6, 6.07) is 14.6. The first-order valence-corrected chi connectivity index (χ1v) is 6.17. The Bertz CT molecular complexity index is 575. The lowest BCUT2D eigenvalue weighted by molar-refractivity contribution is 0.0600. The molecule has 4 heteroatoms. The number of benzene rings is 2. The van der Waals surface area contributed by atoms with Crippen LogP contribution in [0.4, 0.5) is 0 Å². The van der Waals surface area contributed by atoms with E-state index < -0.39 is 0 Å². The Kier molecular flexibility index (Phi) is 4.60. The van der Waals surface area contributed by atoms with Gasteiger partial charge in [-0.1, -0.05) is 24.3 Å². The van der Waals surface area contributed by atoms with Crippen molar-refractivity contribution in [2.24, 2.45) is 0 Å². The van der Waals surface area contributed by atoms with E-state index in [-0.39, 0.29) is 5.97 Å². The van der Waals surface area contributed by atoms with Gasteiger partial charge in [0.25, 0.3) is 0 Å². The average Bonchev–Trinajstić information content (AvgIpc) is 2.53. The molecule has 0 aromatic heterocycles. The first-order valence-electron chi connectivity index (χ1n) is 6.17. The van der Waals surface area contributed by atoms with Crippen LogP contribution in [-0.4, -0.2) is 20.2 Å². The molecule has 4 nitrogen and oxygen atoms in total. The molecular weight excluding hydrogens is 256 g/mol. The van der Waals surface area contributed by atoms with E-state index in [4.69, 9.17) is 9.47 Å². The molecule has 0 radical (unpaired) electrons. The van der Waals surface area contributed by atoms with E-state index in [9.17, 15) is 4.79 Å². The van der Waals surface area contributed by atoms with Gasteiger partial charge in [-0.05, 0) is 29.8 Å². The van der Waals surface area contributed by atoms with Crippen LogP contribution in [0.25, 0.3) is 0 Å². The third-order valence-corrected chi connectivity index (χ3v) is 2.84. The van der Waals surface area contributed by atoms with Crippen molar-refractivity contribution in [1.29, 1.82) is 0 Å². The molecule has 104 valence electrons. The second-order valence-corrected chi connectivity index (χ2v) is 4.13. The maximum atomic E-state index is 11.3. The Labute approximate surface area is 117 Å². The first kappa shape index (κ1) is 13.9. The molecule has 0 atom stereocenters. The SMILES string of the molecule is COC(=O)c1ccc(COc2ccccc2OC)cc1. The summed E-state index contributed by atoms with van der Waals surface area (Å²) in [4.78, 5) is 11.3. The predicted molar refractivity (Wildman–Crippen MR) is 75.1 cm³/mol. The quantitative estimate of drug-likeness (QED) is 0.785. The zero-order valence-electron chi connectivity index (χ0n) is 11.5. The fraction of sp³-hybridized carbons (Fsp3) is 0.188. The van der Waals surface area contributed by atoms with Gasteiger partial charge in [0, 0.05) is 0 Å². The summed E-state index contributed by atoms with van der Waals surface area (Å²) >= 11 is 0. The van der Waals surface area contributed by atoms with Crippen LogP contribution in [0.3, 0.4) is 0 Å². The highest BCUT2D eigenvalue weighted by Gasteiger charge is 2.06. The summed E-state index contributed by atoms with van der Waals surface area (Å²) in [5.41, 5.74) is 1.48. The van der Waals surface area contributed by atoms with Crippen LogP contribution in [-0.2, 0) is 11.3 Å². The number of hydrogen-bond donors (Lipinski definition) is 0. The van der Waals surface area contributed by atoms with Gasteiger partial charge in [0.2, 0.25) is 0 Å². The highest BCUT2D eigenvalue weighted by molar-refractivity contribution is 5.89. The molecule has 2 aromatic carbocycles. The molecule has 2 aromatic rings. The summed E-state index contributed by atoms with van der Waals surface area (Å²) in [6.45, 7) is 0.405. The highest BCUT2D eigenvalue weighted by Crippen LogP contribution is 2.26. The molecule has 0 amide bonds. The minimum atomic E-state index is -0.345. The van der Waals surface area contributed by atoms with Gasteiger partial charge in [-0.3, -0.25) is 0 Å². The largest absolute Gasteiger partial charge is 0.493 e. The molecular formula is C16H16O4. The van der Waals surface area contributed by atoms with Gasteiger partial charge < -0.3 is 14.2 Å². The van der Waals surface area contributed by atoms with Crippen molar-refractivity contribution in [3.8, 4) is 11.5 Å². The molecule has 0 saturated carbocycles. The molecule has 2 rings (SSSR count). The first-order chi connectivity index (χ1) is 9.74. The maximum absolute atomic E-state index is 11.3. The van der Waals surface area contributed by atoms with Crippen LogP contribution in [0.1, 0.15) is 15.9 Å². The zero-order valence-corrected chi connectivity index (χ0v) is 11.5. The van der Waals surface area contributed by atoms with E-state index >= 15 is 0 Å². The molecule has 0 fully saturated rings. The third-order valence-electron chi connectivity index (χ3n) is 2.84. The van der Waals surface area contributed by atoms with Crippen molar-refractivity contribution >= 4 is 5.97 Å². The molecule has 20 heavy (non-hydrogen) atoms. The molecule has 0 spiro atoms. The van der Waals surface area contributed by atoms with Crippen LogP contribution in [0.5, 0.6) is 11.5 Å². The van der Waals surface area contributed by atoms with Crippen molar-refractivity contribution in [2.75, 3.05) is 14.2 Å². The lowest BCUT2D eigenvalue weighted by Gasteiger charge is -2.10. The van der Waals surface area contributed by atoms with Crippen LogP contribution < -0.4 is 9.47 Å². The van der Waals surface area contributed by atoms with Gasteiger partial charge in [0.05, 0.1) is 19.8 Å². The normalized spacial score (nSPS) is 9.90. The number of methoxy groups -OCH3 is 2. The Hall–Kier alpha value is -2.49. The lowest BCUT2D eigenvalue weighted by atomic mass is 10.1. The number of carbonyl (C=O) groups excluding carboxylic acids is 1. The van der Waals surface area contributed by atoms with E-state index in [1.54, 1.807) is 19.2 Å². The standard InChI is InChI=1S/C16H16O4/c1-18-14-5-3-4-6-15(14)20-11-12-7-9-13(10-8-12)16(17)19-2/h3-10H,11H2,1-2H3. The van der Waals surface area contributed by atoms with Crippen LogP contribution >= 0.6 is 0 Å². The molecule has 0 saturated heterocycles. The fourth-order valence-electron chi connectivity index (χ4n) is 1.75. The average molecular weight is 272 g/mol. The van der Waals surface area contributed by atoms with Crippen molar-refractivity contribution in [3.63, 3.8) is 0 Å². The van der Waals surface area contributed by atoms with Crippen LogP contribution in [0.2, 0.25) is 0 Å². The summed E-state index contributed by atoms with van der Waals surface area (Å²) in [5, 5.41) is 0. The maximum Gasteiger partial charge on any atom is 0.337 e. The van der Waals surface area contributed by atoms with Crippen molar-refractivity contribution in [2.45, 2.75) is 6.61 Å². The van der Waals surface area contributed by atoms with Gasteiger partial charge >= 0.3 is 5.97 Å². The number of hydrogen-bond acceptors (Lipinski definition) is 4. The number of ether oxygens (including phenoxy) is 3. The number of esters is 1. The monoisotopic (exact) mass is 272 g/mol.